The first kappa shape index (κ1) is 12.3. The summed E-state index contributed by atoms with van der Waals surface area (Å²) in [6.45, 7) is 4.10. The van der Waals surface area contributed by atoms with Crippen molar-refractivity contribution in [3.8, 4) is 0 Å². The van der Waals surface area contributed by atoms with Crippen molar-refractivity contribution < 1.29 is 9.84 Å². The third kappa shape index (κ3) is 2.94. The molecule has 2 atom stereocenters. The molecule has 1 saturated heterocycles. The molecule has 5 nitrogen and oxygen atoms in total. The van der Waals surface area contributed by atoms with Crippen LogP contribution in [0.4, 0.5) is 5.82 Å². The summed E-state index contributed by atoms with van der Waals surface area (Å²) in [7, 11) is 0. The van der Waals surface area contributed by atoms with Crippen molar-refractivity contribution in [3.05, 3.63) is 23.9 Å². The predicted molar refractivity (Wildman–Crippen MR) is 65.9 cm³/mol. The number of hydrogen-bond donors (Lipinski definition) is 2. The summed E-state index contributed by atoms with van der Waals surface area (Å²) < 4.78 is 5.40. The summed E-state index contributed by atoms with van der Waals surface area (Å²) in [6, 6.07) is 3.97. The van der Waals surface area contributed by atoms with E-state index >= 15 is 0 Å². The zero-order chi connectivity index (χ0) is 12.3. The van der Waals surface area contributed by atoms with Gasteiger partial charge in [-0.1, -0.05) is 6.07 Å². The fourth-order valence-corrected chi connectivity index (χ4v) is 1.89. The molecule has 5 heteroatoms. The lowest BCUT2D eigenvalue weighted by molar-refractivity contribution is 0.00336. The van der Waals surface area contributed by atoms with Gasteiger partial charge in [0.05, 0.1) is 19.3 Å². The molecule has 0 saturated carbocycles. The minimum atomic E-state index is -0.112. The summed E-state index contributed by atoms with van der Waals surface area (Å²) in [5.74, 6) is 0.913. The lowest BCUT2D eigenvalue weighted by Crippen LogP contribution is -2.44. The first-order chi connectivity index (χ1) is 8.20. The summed E-state index contributed by atoms with van der Waals surface area (Å²) in [4.78, 5) is 6.52. The van der Waals surface area contributed by atoms with Gasteiger partial charge in [-0.3, -0.25) is 0 Å². The summed E-state index contributed by atoms with van der Waals surface area (Å²) >= 11 is 0. The standard InChI is InChI=1S/C12H19N3O2/c1-9(13)10-2-3-12(14-6-10)15-4-5-17-11(7-15)8-16/h2-3,6,9,11,16H,4-5,7-8,13H2,1H3. The third-order valence-corrected chi connectivity index (χ3v) is 2.96. The van der Waals surface area contributed by atoms with Crippen molar-refractivity contribution in [2.45, 2.75) is 19.1 Å². The zero-order valence-electron chi connectivity index (χ0n) is 10.0. The van der Waals surface area contributed by atoms with Gasteiger partial charge in [-0.25, -0.2) is 4.98 Å². The molecule has 2 unspecified atom stereocenters. The molecule has 0 aromatic carbocycles. The largest absolute Gasteiger partial charge is 0.394 e. The maximum absolute atomic E-state index is 9.08. The smallest absolute Gasteiger partial charge is 0.128 e. The Kier molecular flexibility index (Phi) is 3.93. The first-order valence-electron chi connectivity index (χ1n) is 5.89. The Balaban J connectivity index is 2.06. The fourth-order valence-electron chi connectivity index (χ4n) is 1.89. The fraction of sp³-hybridized carbons (Fsp3) is 0.583. The molecule has 0 aliphatic carbocycles. The van der Waals surface area contributed by atoms with E-state index in [0.29, 0.717) is 13.2 Å². The van der Waals surface area contributed by atoms with E-state index in [1.165, 1.54) is 0 Å². The van der Waals surface area contributed by atoms with Crippen molar-refractivity contribution in [2.75, 3.05) is 31.2 Å². The molecule has 1 aliphatic rings. The monoisotopic (exact) mass is 237 g/mol. The van der Waals surface area contributed by atoms with E-state index in [2.05, 4.69) is 9.88 Å². The molecule has 2 heterocycles. The molecule has 2 rings (SSSR count). The van der Waals surface area contributed by atoms with Crippen LogP contribution in [-0.4, -0.2) is 42.5 Å². The van der Waals surface area contributed by atoms with Gasteiger partial charge in [-0.05, 0) is 18.6 Å². The SMILES string of the molecule is CC(N)c1ccc(N2CCOC(CO)C2)nc1. The topological polar surface area (TPSA) is 71.6 Å². The number of anilines is 1. The van der Waals surface area contributed by atoms with Crippen molar-refractivity contribution >= 4 is 5.82 Å². The van der Waals surface area contributed by atoms with Crippen molar-refractivity contribution in [2.24, 2.45) is 5.73 Å². The molecule has 0 bridgehead atoms. The average molecular weight is 237 g/mol. The Labute approximate surface area is 101 Å². The quantitative estimate of drug-likeness (QED) is 0.791. The zero-order valence-corrected chi connectivity index (χ0v) is 10.0. The summed E-state index contributed by atoms with van der Waals surface area (Å²) in [5, 5.41) is 9.08. The minimum absolute atomic E-state index is 0.00595. The molecule has 1 aromatic heterocycles. The number of aromatic nitrogens is 1. The highest BCUT2D eigenvalue weighted by molar-refractivity contribution is 5.40. The van der Waals surface area contributed by atoms with Gasteiger partial charge in [0.2, 0.25) is 0 Å². The van der Waals surface area contributed by atoms with Crippen LogP contribution in [0.25, 0.3) is 0 Å². The van der Waals surface area contributed by atoms with E-state index in [1.807, 2.05) is 25.3 Å². The van der Waals surface area contributed by atoms with Crippen LogP contribution < -0.4 is 10.6 Å². The molecule has 1 aliphatic heterocycles. The second-order valence-corrected chi connectivity index (χ2v) is 4.36. The molecule has 0 radical (unpaired) electrons. The highest BCUT2D eigenvalue weighted by Gasteiger charge is 2.20. The van der Waals surface area contributed by atoms with E-state index < -0.39 is 0 Å². The normalized spacial score (nSPS) is 22.5. The Bertz CT molecular complexity index is 353. The van der Waals surface area contributed by atoms with E-state index in [-0.39, 0.29) is 18.8 Å². The van der Waals surface area contributed by atoms with Crippen LogP contribution in [0.2, 0.25) is 0 Å². The number of hydrogen-bond acceptors (Lipinski definition) is 5. The molecule has 17 heavy (non-hydrogen) atoms. The van der Waals surface area contributed by atoms with E-state index in [0.717, 1.165) is 17.9 Å². The van der Waals surface area contributed by atoms with Crippen molar-refractivity contribution in [1.29, 1.82) is 0 Å². The van der Waals surface area contributed by atoms with Crippen LogP contribution in [0, 0.1) is 0 Å². The van der Waals surface area contributed by atoms with Gasteiger partial charge in [-0.15, -0.1) is 0 Å². The van der Waals surface area contributed by atoms with Gasteiger partial charge in [0, 0.05) is 25.3 Å². The van der Waals surface area contributed by atoms with Crippen LogP contribution >= 0.6 is 0 Å². The summed E-state index contributed by atoms with van der Waals surface area (Å²) in [5.41, 5.74) is 6.81. The Morgan fingerprint density at radius 3 is 3.06 bits per heavy atom. The van der Waals surface area contributed by atoms with Crippen LogP contribution in [0.5, 0.6) is 0 Å². The van der Waals surface area contributed by atoms with Crippen LogP contribution in [-0.2, 0) is 4.74 Å². The Hall–Kier alpha value is -1.17. The first-order valence-corrected chi connectivity index (χ1v) is 5.89. The number of ether oxygens (including phenoxy) is 1. The van der Waals surface area contributed by atoms with Crippen LogP contribution in [0.15, 0.2) is 18.3 Å². The van der Waals surface area contributed by atoms with Gasteiger partial charge in [-0.2, -0.15) is 0 Å². The maximum Gasteiger partial charge on any atom is 0.128 e. The van der Waals surface area contributed by atoms with Gasteiger partial charge in [0.15, 0.2) is 0 Å². The Morgan fingerprint density at radius 2 is 2.47 bits per heavy atom. The molecule has 94 valence electrons. The molecule has 1 aromatic rings. The van der Waals surface area contributed by atoms with Crippen LogP contribution in [0.1, 0.15) is 18.5 Å². The average Bonchev–Trinajstić information content (AvgIpc) is 2.39. The van der Waals surface area contributed by atoms with Gasteiger partial charge in [0.25, 0.3) is 0 Å². The number of aliphatic hydroxyl groups excluding tert-OH is 1. The number of nitrogens with zero attached hydrogens (tertiary/aromatic N) is 2. The molecular formula is C12H19N3O2. The van der Waals surface area contributed by atoms with Crippen LogP contribution in [0.3, 0.4) is 0 Å². The van der Waals surface area contributed by atoms with E-state index in [4.69, 9.17) is 15.6 Å². The minimum Gasteiger partial charge on any atom is -0.394 e. The number of pyridine rings is 1. The molecule has 0 spiro atoms. The van der Waals surface area contributed by atoms with Gasteiger partial charge >= 0.3 is 0 Å². The van der Waals surface area contributed by atoms with E-state index in [9.17, 15) is 0 Å². The second-order valence-electron chi connectivity index (χ2n) is 4.36. The lowest BCUT2D eigenvalue weighted by Gasteiger charge is -2.32. The molecule has 1 fully saturated rings. The number of rotatable bonds is 3. The highest BCUT2D eigenvalue weighted by atomic mass is 16.5. The van der Waals surface area contributed by atoms with Crippen molar-refractivity contribution in [1.82, 2.24) is 4.98 Å². The molecular weight excluding hydrogens is 218 g/mol. The summed E-state index contributed by atoms with van der Waals surface area (Å²) in [6.07, 6.45) is 1.70. The Morgan fingerprint density at radius 1 is 1.65 bits per heavy atom. The van der Waals surface area contributed by atoms with Gasteiger partial charge < -0.3 is 20.5 Å². The number of morpholine rings is 1. The van der Waals surface area contributed by atoms with Crippen molar-refractivity contribution in [3.63, 3.8) is 0 Å². The maximum atomic E-state index is 9.08. The van der Waals surface area contributed by atoms with E-state index in [1.54, 1.807) is 0 Å². The lowest BCUT2D eigenvalue weighted by atomic mass is 10.1. The third-order valence-electron chi connectivity index (χ3n) is 2.96. The predicted octanol–water partition coefficient (Wildman–Crippen LogP) is 0.299. The van der Waals surface area contributed by atoms with Gasteiger partial charge in [0.1, 0.15) is 5.82 Å². The number of nitrogens with two attached hydrogens (primary N) is 1. The number of aliphatic hydroxyl groups is 1. The molecule has 3 N–H and O–H groups in total. The molecule has 0 amide bonds. The second kappa shape index (κ2) is 5.44. The highest BCUT2D eigenvalue weighted by Crippen LogP contribution is 2.17.